The number of halogens is 2. The zero-order valence-corrected chi connectivity index (χ0v) is 12.2. The quantitative estimate of drug-likeness (QED) is 0.890. The van der Waals surface area contributed by atoms with E-state index in [1.807, 2.05) is 0 Å². The maximum Gasteiger partial charge on any atom is 0.262 e. The minimum Gasteiger partial charge on any atom is -0.484 e. The summed E-state index contributed by atoms with van der Waals surface area (Å²) in [5.74, 6) is -1.65. The lowest BCUT2D eigenvalue weighted by molar-refractivity contribution is -0.118. The Morgan fingerprint density at radius 3 is 2.39 bits per heavy atom. The normalized spacial score (nSPS) is 10.0. The molecule has 0 saturated carbocycles. The van der Waals surface area contributed by atoms with Crippen LogP contribution in [-0.2, 0) is 9.59 Å². The van der Waals surface area contributed by atoms with Crippen molar-refractivity contribution >= 4 is 23.2 Å². The lowest BCUT2D eigenvalue weighted by Gasteiger charge is -2.10. The van der Waals surface area contributed by atoms with Crippen LogP contribution in [0.25, 0.3) is 0 Å². The summed E-state index contributed by atoms with van der Waals surface area (Å²) in [4.78, 5) is 22.8. The third kappa shape index (κ3) is 5.06. The van der Waals surface area contributed by atoms with Crippen LogP contribution in [0.5, 0.6) is 5.75 Å². The lowest BCUT2D eigenvalue weighted by atomic mass is 10.2. The average molecular weight is 320 g/mol. The predicted molar refractivity (Wildman–Crippen MR) is 81.2 cm³/mol. The molecular weight excluding hydrogens is 306 g/mol. The van der Waals surface area contributed by atoms with Gasteiger partial charge in [0.25, 0.3) is 5.91 Å². The molecular formula is C16H14F2N2O3. The number of carbonyl (C=O) groups is 2. The molecule has 0 aliphatic carbocycles. The first kappa shape index (κ1) is 16.4. The fourth-order valence-corrected chi connectivity index (χ4v) is 1.77. The Balaban J connectivity index is 1.96. The molecule has 0 radical (unpaired) electrons. The van der Waals surface area contributed by atoms with Crippen molar-refractivity contribution in [1.82, 2.24) is 0 Å². The van der Waals surface area contributed by atoms with E-state index in [4.69, 9.17) is 4.74 Å². The Morgan fingerprint density at radius 2 is 1.74 bits per heavy atom. The number of rotatable bonds is 5. The van der Waals surface area contributed by atoms with E-state index in [1.54, 1.807) is 0 Å². The number of amides is 2. The highest BCUT2D eigenvalue weighted by Gasteiger charge is 2.09. The van der Waals surface area contributed by atoms with Crippen molar-refractivity contribution in [2.75, 3.05) is 17.2 Å². The molecule has 23 heavy (non-hydrogen) atoms. The van der Waals surface area contributed by atoms with Crippen molar-refractivity contribution in [3.63, 3.8) is 0 Å². The minimum atomic E-state index is -0.644. The van der Waals surface area contributed by atoms with Gasteiger partial charge in [-0.3, -0.25) is 9.59 Å². The van der Waals surface area contributed by atoms with Crippen LogP contribution >= 0.6 is 0 Å². The smallest absolute Gasteiger partial charge is 0.262 e. The van der Waals surface area contributed by atoms with E-state index in [2.05, 4.69) is 10.6 Å². The number of ether oxygens (including phenoxy) is 1. The van der Waals surface area contributed by atoms with E-state index in [-0.39, 0.29) is 18.2 Å². The van der Waals surface area contributed by atoms with Crippen LogP contribution < -0.4 is 15.4 Å². The Morgan fingerprint density at radius 1 is 1.04 bits per heavy atom. The van der Waals surface area contributed by atoms with Crippen molar-refractivity contribution in [1.29, 1.82) is 0 Å². The third-order valence-electron chi connectivity index (χ3n) is 2.74. The zero-order chi connectivity index (χ0) is 16.8. The van der Waals surface area contributed by atoms with Gasteiger partial charge in [0.15, 0.2) is 6.61 Å². The largest absolute Gasteiger partial charge is 0.484 e. The fourth-order valence-electron chi connectivity index (χ4n) is 1.77. The van der Waals surface area contributed by atoms with E-state index < -0.39 is 17.5 Å². The molecule has 0 atom stereocenters. The summed E-state index contributed by atoms with van der Waals surface area (Å²) in [6.07, 6.45) is 0. The molecule has 0 fully saturated rings. The molecule has 0 aromatic heterocycles. The van der Waals surface area contributed by atoms with Crippen LogP contribution in [0.1, 0.15) is 6.92 Å². The van der Waals surface area contributed by atoms with Gasteiger partial charge >= 0.3 is 0 Å². The van der Waals surface area contributed by atoms with Crippen LogP contribution in [0.4, 0.5) is 20.2 Å². The van der Waals surface area contributed by atoms with Gasteiger partial charge in [0.05, 0.1) is 5.69 Å². The number of benzene rings is 2. The van der Waals surface area contributed by atoms with E-state index in [0.717, 1.165) is 6.07 Å². The second kappa shape index (κ2) is 7.35. The van der Waals surface area contributed by atoms with Crippen LogP contribution in [0, 0.1) is 11.6 Å². The molecule has 120 valence electrons. The topological polar surface area (TPSA) is 67.4 Å². The molecule has 2 amide bonds. The highest BCUT2D eigenvalue weighted by Crippen LogP contribution is 2.20. The maximum absolute atomic E-state index is 13.7. The van der Waals surface area contributed by atoms with Crippen LogP contribution in [0.3, 0.4) is 0 Å². The van der Waals surface area contributed by atoms with Crippen molar-refractivity contribution in [3.05, 3.63) is 54.1 Å². The summed E-state index contributed by atoms with van der Waals surface area (Å²) in [6, 6.07) is 8.95. The molecule has 0 spiro atoms. The predicted octanol–water partition coefficient (Wildman–Crippen LogP) is 2.94. The monoisotopic (exact) mass is 320 g/mol. The molecule has 0 saturated heterocycles. The van der Waals surface area contributed by atoms with Gasteiger partial charge in [0.2, 0.25) is 5.91 Å². The number of hydrogen-bond donors (Lipinski definition) is 2. The van der Waals surface area contributed by atoms with Gasteiger partial charge in [0.1, 0.15) is 17.4 Å². The molecule has 0 heterocycles. The van der Waals surface area contributed by atoms with Gasteiger partial charge < -0.3 is 15.4 Å². The lowest BCUT2D eigenvalue weighted by Crippen LogP contribution is -2.21. The first-order chi connectivity index (χ1) is 10.9. The van der Waals surface area contributed by atoms with Crippen LogP contribution in [-0.4, -0.2) is 18.4 Å². The summed E-state index contributed by atoms with van der Waals surface area (Å²) >= 11 is 0. The number of nitrogens with one attached hydrogen (secondary N) is 2. The van der Waals surface area contributed by atoms with Crippen LogP contribution in [0.2, 0.25) is 0 Å². The van der Waals surface area contributed by atoms with E-state index in [0.29, 0.717) is 11.4 Å². The second-order valence-electron chi connectivity index (χ2n) is 4.67. The highest BCUT2D eigenvalue weighted by molar-refractivity contribution is 5.94. The molecule has 5 nitrogen and oxygen atoms in total. The standard InChI is InChI=1S/C16H14F2N2O3/c1-10(21)19-12-4-7-14(18)15(8-12)20-16(22)9-23-13-5-2-11(17)3-6-13/h2-8H,9H2,1H3,(H,19,21)(H,20,22). The Labute approximate surface area is 131 Å². The zero-order valence-electron chi connectivity index (χ0n) is 12.2. The van der Waals surface area contributed by atoms with Crippen molar-refractivity contribution in [2.45, 2.75) is 6.92 Å². The molecule has 2 aromatic carbocycles. The highest BCUT2D eigenvalue weighted by atomic mass is 19.1. The summed E-state index contributed by atoms with van der Waals surface area (Å²) < 4.78 is 31.6. The molecule has 2 N–H and O–H groups in total. The minimum absolute atomic E-state index is 0.0797. The van der Waals surface area contributed by atoms with Gasteiger partial charge in [-0.2, -0.15) is 0 Å². The summed E-state index contributed by atoms with van der Waals surface area (Å²) in [5.41, 5.74) is 0.276. The maximum atomic E-state index is 13.7. The van der Waals surface area contributed by atoms with E-state index in [1.165, 1.54) is 43.3 Å². The second-order valence-corrected chi connectivity index (χ2v) is 4.67. The van der Waals surface area contributed by atoms with Gasteiger partial charge in [0, 0.05) is 12.6 Å². The Kier molecular flexibility index (Phi) is 5.24. The van der Waals surface area contributed by atoms with Gasteiger partial charge in [-0.05, 0) is 42.5 Å². The average Bonchev–Trinajstić information content (AvgIpc) is 2.49. The molecule has 0 aliphatic rings. The van der Waals surface area contributed by atoms with Crippen LogP contribution in [0.15, 0.2) is 42.5 Å². The Hall–Kier alpha value is -2.96. The summed E-state index contributed by atoms with van der Waals surface area (Å²) in [6.45, 7) is 0.952. The SMILES string of the molecule is CC(=O)Nc1ccc(F)c(NC(=O)COc2ccc(F)cc2)c1. The van der Waals surface area contributed by atoms with E-state index >= 15 is 0 Å². The number of carbonyl (C=O) groups excluding carboxylic acids is 2. The first-order valence-corrected chi connectivity index (χ1v) is 6.69. The molecule has 7 heteroatoms. The molecule has 2 rings (SSSR count). The van der Waals surface area contributed by atoms with Gasteiger partial charge in [-0.1, -0.05) is 0 Å². The Bertz CT molecular complexity index is 718. The van der Waals surface area contributed by atoms with Crippen molar-refractivity contribution in [2.24, 2.45) is 0 Å². The summed E-state index contributed by atoms with van der Waals surface area (Å²) in [7, 11) is 0. The molecule has 2 aromatic rings. The van der Waals surface area contributed by atoms with Crippen molar-refractivity contribution in [3.8, 4) is 5.75 Å². The van der Waals surface area contributed by atoms with E-state index in [9.17, 15) is 18.4 Å². The molecule has 0 bridgehead atoms. The summed E-state index contributed by atoms with van der Waals surface area (Å²) in [5, 5.41) is 4.83. The number of anilines is 2. The third-order valence-corrected chi connectivity index (χ3v) is 2.74. The van der Waals surface area contributed by atoms with Gasteiger partial charge in [-0.15, -0.1) is 0 Å². The number of hydrogen-bond acceptors (Lipinski definition) is 3. The fraction of sp³-hybridized carbons (Fsp3) is 0.125. The molecule has 0 aliphatic heterocycles. The van der Waals surface area contributed by atoms with Crippen molar-refractivity contribution < 1.29 is 23.1 Å². The molecule has 0 unspecified atom stereocenters. The first-order valence-electron chi connectivity index (χ1n) is 6.69. The van der Waals surface area contributed by atoms with Gasteiger partial charge in [-0.25, -0.2) is 8.78 Å².